The number of fused-ring (bicyclic) bond motifs is 1. The first kappa shape index (κ1) is 20.0. The molecule has 2 aromatic carbocycles. The largest absolute Gasteiger partial charge is 0.289 e. The van der Waals surface area contributed by atoms with E-state index in [-0.39, 0.29) is 0 Å². The Kier molecular flexibility index (Phi) is 5.40. The van der Waals surface area contributed by atoms with Crippen LogP contribution in [-0.2, 0) is 11.2 Å². The molecule has 0 radical (unpaired) electrons. The number of nitrogens with zero attached hydrogens (tertiary/aromatic N) is 3. The van der Waals surface area contributed by atoms with E-state index in [2.05, 4.69) is 16.8 Å². The summed E-state index contributed by atoms with van der Waals surface area (Å²) in [6, 6.07) is 18.8. The van der Waals surface area contributed by atoms with E-state index in [1.165, 1.54) is 0 Å². The number of amides is 1. The molecule has 1 aliphatic rings. The van der Waals surface area contributed by atoms with Crippen molar-refractivity contribution in [2.75, 3.05) is 0 Å². The molecule has 2 aromatic heterocycles. The molecule has 158 valence electrons. The number of carbonyl (C=O) groups excluding carboxylic acids is 1. The maximum atomic E-state index is 12.8. The number of hydrogen-bond donors (Lipinski definition) is 2. The predicted octanol–water partition coefficient (Wildman–Crippen LogP) is 4.15. The van der Waals surface area contributed by atoms with Crippen molar-refractivity contribution < 1.29 is 10.0 Å². The topological polar surface area (TPSA) is 80.0 Å². The van der Waals surface area contributed by atoms with Gasteiger partial charge in [-0.2, -0.15) is 5.10 Å². The van der Waals surface area contributed by atoms with Crippen molar-refractivity contribution in [1.29, 1.82) is 0 Å². The molecule has 1 aliphatic carbocycles. The highest BCUT2D eigenvalue weighted by molar-refractivity contribution is 5.97. The van der Waals surface area contributed by atoms with Gasteiger partial charge >= 0.3 is 0 Å². The predicted molar refractivity (Wildman–Crippen MR) is 122 cm³/mol. The summed E-state index contributed by atoms with van der Waals surface area (Å²) in [4.78, 5) is 16.9. The van der Waals surface area contributed by atoms with Crippen molar-refractivity contribution in [3.63, 3.8) is 0 Å². The zero-order valence-electron chi connectivity index (χ0n) is 17.4. The molecule has 0 bridgehead atoms. The molecule has 5 rings (SSSR count). The van der Waals surface area contributed by atoms with Crippen molar-refractivity contribution in [3.8, 4) is 23.0 Å². The number of aromatic nitrogens is 3. The molecule has 2 heterocycles. The van der Waals surface area contributed by atoms with Gasteiger partial charge in [0.1, 0.15) is 17.3 Å². The van der Waals surface area contributed by atoms with Crippen molar-refractivity contribution in [2.45, 2.75) is 25.3 Å². The van der Waals surface area contributed by atoms with Gasteiger partial charge in [0.2, 0.25) is 0 Å². The highest BCUT2D eigenvalue weighted by atomic mass is 16.5. The second-order valence-electron chi connectivity index (χ2n) is 7.96. The van der Waals surface area contributed by atoms with Gasteiger partial charge in [0.25, 0.3) is 5.91 Å². The Morgan fingerprint density at radius 1 is 1.09 bits per heavy atom. The fourth-order valence-corrected chi connectivity index (χ4v) is 3.84. The number of hydroxylamine groups is 1. The number of benzene rings is 2. The van der Waals surface area contributed by atoms with Crippen LogP contribution in [0.1, 0.15) is 30.1 Å². The summed E-state index contributed by atoms with van der Waals surface area (Å²) in [7, 11) is 0. The molecule has 32 heavy (non-hydrogen) atoms. The van der Waals surface area contributed by atoms with Crippen LogP contribution in [0.4, 0.5) is 0 Å². The molecule has 4 aromatic rings. The molecule has 1 saturated carbocycles. The zero-order chi connectivity index (χ0) is 21.9. The fourth-order valence-electron chi connectivity index (χ4n) is 3.84. The second-order valence-corrected chi connectivity index (χ2v) is 7.96. The summed E-state index contributed by atoms with van der Waals surface area (Å²) < 4.78 is 1.67. The number of nitrogens with one attached hydrogen (secondary N) is 1. The number of hydrogen-bond acceptors (Lipinski definition) is 4. The van der Waals surface area contributed by atoms with Gasteiger partial charge in [-0.3, -0.25) is 15.0 Å². The van der Waals surface area contributed by atoms with Crippen LogP contribution in [-0.4, -0.2) is 25.9 Å². The van der Waals surface area contributed by atoms with E-state index in [1.54, 1.807) is 17.1 Å². The molecule has 2 N–H and O–H groups in total. The van der Waals surface area contributed by atoms with Gasteiger partial charge < -0.3 is 0 Å². The van der Waals surface area contributed by atoms with Crippen molar-refractivity contribution in [1.82, 2.24) is 20.2 Å². The lowest BCUT2D eigenvalue weighted by molar-refractivity contribution is -0.132. The smallest absolute Gasteiger partial charge is 0.268 e. The summed E-state index contributed by atoms with van der Waals surface area (Å²) in [6.45, 7) is 0. The lowest BCUT2D eigenvalue weighted by Crippen LogP contribution is -2.33. The minimum Gasteiger partial charge on any atom is -0.289 e. The van der Waals surface area contributed by atoms with E-state index in [0.717, 1.165) is 40.4 Å². The van der Waals surface area contributed by atoms with E-state index in [9.17, 15) is 10.0 Å². The second kappa shape index (κ2) is 8.66. The highest BCUT2D eigenvalue weighted by Crippen LogP contribution is 2.32. The first-order valence-corrected chi connectivity index (χ1v) is 10.7. The Balaban J connectivity index is 1.70. The number of carbonyl (C=O) groups is 1. The summed E-state index contributed by atoms with van der Waals surface area (Å²) in [5.41, 5.74) is 6.18. The molecular formula is C26H22N4O2. The van der Waals surface area contributed by atoms with Gasteiger partial charge in [-0.15, -0.1) is 0 Å². The highest BCUT2D eigenvalue weighted by Gasteiger charge is 2.27. The Bertz CT molecular complexity index is 1320. The van der Waals surface area contributed by atoms with Crippen molar-refractivity contribution in [3.05, 3.63) is 84.3 Å². The molecule has 6 nitrogen and oxygen atoms in total. The lowest BCUT2D eigenvalue weighted by Gasteiger charge is -2.17. The molecule has 1 amide bonds. The average Bonchev–Trinajstić information content (AvgIpc) is 3.61. The van der Waals surface area contributed by atoms with Crippen LogP contribution in [0.2, 0.25) is 0 Å². The van der Waals surface area contributed by atoms with Crippen LogP contribution in [0.3, 0.4) is 0 Å². The first-order chi connectivity index (χ1) is 15.7. The third-order valence-corrected chi connectivity index (χ3v) is 5.67. The Labute approximate surface area is 185 Å². The minimum absolute atomic E-state index is 0.379. The quantitative estimate of drug-likeness (QED) is 0.288. The third kappa shape index (κ3) is 3.98. The zero-order valence-corrected chi connectivity index (χ0v) is 17.4. The normalized spacial score (nSPS) is 13.9. The summed E-state index contributed by atoms with van der Waals surface area (Å²) >= 11 is 0. The lowest BCUT2D eigenvalue weighted by atomic mass is 10.0. The van der Waals surface area contributed by atoms with Crippen LogP contribution in [0, 0.1) is 17.8 Å². The molecule has 1 fully saturated rings. The van der Waals surface area contributed by atoms with Crippen LogP contribution in [0.5, 0.6) is 0 Å². The Morgan fingerprint density at radius 3 is 2.59 bits per heavy atom. The first-order valence-electron chi connectivity index (χ1n) is 10.7. The van der Waals surface area contributed by atoms with Crippen LogP contribution in [0.25, 0.3) is 22.0 Å². The summed E-state index contributed by atoms with van der Waals surface area (Å²) in [5, 5.41) is 15.2. The summed E-state index contributed by atoms with van der Waals surface area (Å²) in [6.07, 6.45) is 6.08. The minimum atomic E-state index is -0.747. The molecule has 1 atom stereocenters. The average molecular weight is 422 g/mol. The fraction of sp³-hybridized carbons (Fsp3) is 0.192. The Hall–Kier alpha value is -3.95. The Morgan fingerprint density at radius 2 is 1.88 bits per heavy atom. The van der Waals surface area contributed by atoms with E-state index in [0.29, 0.717) is 18.0 Å². The molecule has 0 spiro atoms. The molecule has 6 heteroatoms. The molecule has 0 saturated heterocycles. The van der Waals surface area contributed by atoms with Gasteiger partial charge in [-0.25, -0.2) is 10.2 Å². The van der Waals surface area contributed by atoms with Crippen molar-refractivity contribution >= 4 is 16.8 Å². The third-order valence-electron chi connectivity index (χ3n) is 5.67. The maximum absolute atomic E-state index is 12.8. The van der Waals surface area contributed by atoms with Crippen LogP contribution < -0.4 is 5.48 Å². The van der Waals surface area contributed by atoms with Gasteiger partial charge in [-0.1, -0.05) is 48.4 Å². The number of rotatable bonds is 5. The maximum Gasteiger partial charge on any atom is 0.268 e. The summed E-state index contributed by atoms with van der Waals surface area (Å²) in [5.74, 6) is 6.48. The standard InChI is InChI=1S/C26H22N4O2/c31-26(29-32)24(17-19-5-2-1-3-6-19)30-23(12-11-18-9-10-18)22-8-4-7-21(25(22)28-30)20-13-15-27-16-14-20/h1-8,13-16,18,24,32H,9-10,17H2,(H,29,31). The van der Waals surface area contributed by atoms with Crippen LogP contribution in [0.15, 0.2) is 73.1 Å². The van der Waals surface area contributed by atoms with Gasteiger partial charge in [-0.05, 0) is 48.1 Å². The van der Waals surface area contributed by atoms with Gasteiger partial charge in [0.15, 0.2) is 0 Å². The molecular weight excluding hydrogens is 400 g/mol. The number of pyridine rings is 1. The van der Waals surface area contributed by atoms with Gasteiger partial charge in [0, 0.05) is 35.7 Å². The van der Waals surface area contributed by atoms with E-state index < -0.39 is 11.9 Å². The van der Waals surface area contributed by atoms with Crippen LogP contribution >= 0.6 is 0 Å². The van der Waals surface area contributed by atoms with E-state index >= 15 is 0 Å². The molecule has 1 unspecified atom stereocenters. The monoisotopic (exact) mass is 422 g/mol. The van der Waals surface area contributed by atoms with Crippen molar-refractivity contribution in [2.24, 2.45) is 5.92 Å². The molecule has 0 aliphatic heterocycles. The van der Waals surface area contributed by atoms with E-state index in [4.69, 9.17) is 5.10 Å². The van der Waals surface area contributed by atoms with Gasteiger partial charge in [0.05, 0.1) is 0 Å². The SMILES string of the molecule is O=C(NO)C(Cc1ccccc1)n1nc2c(-c3ccncc3)cccc2c1C#CC1CC1. The van der Waals surface area contributed by atoms with E-state index in [1.807, 2.05) is 66.1 Å².